The number of aryl methyl sites for hydroxylation is 3. The number of carboxylic acid groups (broad SMARTS) is 1. The average molecular weight is 490 g/mol. The van der Waals surface area contributed by atoms with Gasteiger partial charge in [-0.15, -0.1) is 0 Å². The van der Waals surface area contributed by atoms with Crippen LogP contribution in [0, 0.1) is 0 Å². The number of ether oxygens (including phenoxy) is 1. The molecule has 2 fully saturated rings. The second-order valence-corrected chi connectivity index (χ2v) is 10.5. The van der Waals surface area contributed by atoms with Crippen molar-refractivity contribution in [3.63, 3.8) is 0 Å². The van der Waals surface area contributed by atoms with Gasteiger partial charge in [0.15, 0.2) is 0 Å². The van der Waals surface area contributed by atoms with E-state index in [1.807, 2.05) is 28.8 Å². The Morgan fingerprint density at radius 1 is 1.22 bits per heavy atom. The van der Waals surface area contributed by atoms with Gasteiger partial charge >= 0.3 is 5.97 Å². The third-order valence-corrected chi connectivity index (χ3v) is 7.79. The minimum Gasteiger partial charge on any atom is -0.480 e. The number of unbranched alkanes of at least 4 members (excludes halogenated alkanes) is 1. The van der Waals surface area contributed by atoms with Crippen molar-refractivity contribution in [2.24, 2.45) is 7.05 Å². The number of hydrogen-bond acceptors (Lipinski definition) is 6. The summed E-state index contributed by atoms with van der Waals surface area (Å²) >= 11 is 0. The summed E-state index contributed by atoms with van der Waals surface area (Å²) in [5.41, 5.74) is 5.35. The molecule has 4 heterocycles. The van der Waals surface area contributed by atoms with Gasteiger partial charge in [0.25, 0.3) is 0 Å². The first-order valence-corrected chi connectivity index (χ1v) is 13.3. The van der Waals surface area contributed by atoms with Gasteiger partial charge < -0.3 is 15.2 Å². The maximum Gasteiger partial charge on any atom is 0.325 e. The molecule has 1 aromatic carbocycles. The highest BCUT2D eigenvalue weighted by Crippen LogP contribution is 2.43. The molecule has 36 heavy (non-hydrogen) atoms. The SMILES string of the molecule is Cn1nc(C2CC2)c2cccc(C(C(=O)O)N3CC(OCCCCc4ccc5c(n4)NCCC5)C3)c21. The average Bonchev–Trinajstić information content (AvgIpc) is 3.64. The molecule has 2 aromatic heterocycles. The molecule has 0 bridgehead atoms. The van der Waals surface area contributed by atoms with Crippen molar-refractivity contribution in [1.82, 2.24) is 19.7 Å². The summed E-state index contributed by atoms with van der Waals surface area (Å²) < 4.78 is 7.94. The van der Waals surface area contributed by atoms with E-state index in [0.717, 1.165) is 65.9 Å². The van der Waals surface area contributed by atoms with Crippen molar-refractivity contribution in [2.45, 2.75) is 63.0 Å². The number of fused-ring (bicyclic) bond motifs is 2. The molecule has 0 spiro atoms. The largest absolute Gasteiger partial charge is 0.480 e. The molecule has 2 N–H and O–H groups in total. The zero-order valence-corrected chi connectivity index (χ0v) is 20.9. The normalized spacial score (nSPS) is 19.0. The number of aromatic nitrogens is 3. The third-order valence-electron chi connectivity index (χ3n) is 7.79. The smallest absolute Gasteiger partial charge is 0.325 e. The fraction of sp³-hybridized carbons (Fsp3) is 0.536. The Kier molecular flexibility index (Phi) is 6.39. The second kappa shape index (κ2) is 9.82. The van der Waals surface area contributed by atoms with E-state index in [0.29, 0.717) is 25.6 Å². The molecule has 1 unspecified atom stereocenters. The van der Waals surface area contributed by atoms with E-state index in [9.17, 15) is 9.90 Å². The number of pyridine rings is 1. The molecule has 8 nitrogen and oxygen atoms in total. The Bertz CT molecular complexity index is 1260. The van der Waals surface area contributed by atoms with Gasteiger partial charge in [0.1, 0.15) is 11.9 Å². The minimum atomic E-state index is -0.817. The number of aliphatic carboxylic acids is 1. The number of nitrogens with zero attached hydrogens (tertiary/aromatic N) is 4. The topological polar surface area (TPSA) is 92.5 Å². The van der Waals surface area contributed by atoms with Crippen LogP contribution in [0.1, 0.15) is 66.6 Å². The van der Waals surface area contributed by atoms with Crippen molar-refractivity contribution in [3.05, 3.63) is 52.8 Å². The van der Waals surface area contributed by atoms with Gasteiger partial charge in [0, 0.05) is 55.9 Å². The number of nitrogens with one attached hydrogen (secondary N) is 1. The van der Waals surface area contributed by atoms with Crippen LogP contribution in [0.4, 0.5) is 5.82 Å². The van der Waals surface area contributed by atoms with Crippen molar-refractivity contribution < 1.29 is 14.6 Å². The molecular weight excluding hydrogens is 454 g/mol. The summed E-state index contributed by atoms with van der Waals surface area (Å²) in [6.45, 7) is 2.98. The van der Waals surface area contributed by atoms with Crippen LogP contribution >= 0.6 is 0 Å². The lowest BCUT2D eigenvalue weighted by Gasteiger charge is -2.42. The monoisotopic (exact) mass is 489 g/mol. The molecule has 0 radical (unpaired) electrons. The quantitative estimate of drug-likeness (QED) is 0.415. The molecule has 3 aliphatic rings. The number of benzene rings is 1. The van der Waals surface area contributed by atoms with Crippen LogP contribution in [0.15, 0.2) is 30.3 Å². The maximum atomic E-state index is 12.3. The molecule has 1 atom stereocenters. The maximum absolute atomic E-state index is 12.3. The molecule has 3 aromatic rings. The van der Waals surface area contributed by atoms with E-state index in [4.69, 9.17) is 14.8 Å². The zero-order chi connectivity index (χ0) is 24.6. The van der Waals surface area contributed by atoms with Gasteiger partial charge in [-0.1, -0.05) is 24.3 Å². The van der Waals surface area contributed by atoms with Crippen LogP contribution in [0.25, 0.3) is 10.9 Å². The van der Waals surface area contributed by atoms with Crippen LogP contribution in [-0.2, 0) is 29.4 Å². The number of carbonyl (C=O) groups is 1. The Morgan fingerprint density at radius 3 is 2.89 bits per heavy atom. The van der Waals surface area contributed by atoms with E-state index in [1.165, 1.54) is 24.8 Å². The Hall–Kier alpha value is -2.97. The van der Waals surface area contributed by atoms with E-state index < -0.39 is 12.0 Å². The van der Waals surface area contributed by atoms with Crippen molar-refractivity contribution >= 4 is 22.7 Å². The van der Waals surface area contributed by atoms with E-state index in [-0.39, 0.29) is 6.10 Å². The van der Waals surface area contributed by atoms with Crippen LogP contribution in [0.3, 0.4) is 0 Å². The first kappa shape index (κ1) is 23.4. The van der Waals surface area contributed by atoms with Crippen LogP contribution < -0.4 is 5.32 Å². The summed E-state index contributed by atoms with van der Waals surface area (Å²) in [4.78, 5) is 19.1. The molecule has 1 saturated carbocycles. The van der Waals surface area contributed by atoms with Crippen molar-refractivity contribution in [2.75, 3.05) is 31.6 Å². The van der Waals surface area contributed by atoms with E-state index >= 15 is 0 Å². The Morgan fingerprint density at radius 2 is 2.08 bits per heavy atom. The number of anilines is 1. The predicted molar refractivity (Wildman–Crippen MR) is 138 cm³/mol. The lowest BCUT2D eigenvalue weighted by atomic mass is 9.97. The molecule has 8 heteroatoms. The number of hydrogen-bond donors (Lipinski definition) is 2. The molecular formula is C28H35N5O3. The molecule has 2 aliphatic heterocycles. The number of likely N-dealkylation sites (tertiary alicyclic amines) is 1. The summed E-state index contributed by atoms with van der Waals surface area (Å²) in [6.07, 6.45) is 7.69. The summed E-state index contributed by atoms with van der Waals surface area (Å²) in [5, 5.41) is 19.4. The van der Waals surface area contributed by atoms with Crippen molar-refractivity contribution in [3.8, 4) is 0 Å². The van der Waals surface area contributed by atoms with Gasteiger partial charge in [-0.25, -0.2) is 4.98 Å². The fourth-order valence-electron chi connectivity index (χ4n) is 5.71. The highest BCUT2D eigenvalue weighted by Gasteiger charge is 2.39. The Labute approximate surface area is 211 Å². The molecule has 6 rings (SSSR count). The first-order chi connectivity index (χ1) is 17.6. The summed E-state index contributed by atoms with van der Waals surface area (Å²) in [7, 11) is 1.93. The zero-order valence-electron chi connectivity index (χ0n) is 20.9. The van der Waals surface area contributed by atoms with E-state index in [1.54, 1.807) is 0 Å². The third kappa shape index (κ3) is 4.60. The minimum absolute atomic E-state index is 0.0886. The number of rotatable bonds is 10. The Balaban J connectivity index is 1.01. The molecule has 0 amide bonds. The van der Waals surface area contributed by atoms with Crippen LogP contribution in [0.5, 0.6) is 0 Å². The lowest BCUT2D eigenvalue weighted by Crippen LogP contribution is -2.55. The van der Waals surface area contributed by atoms with Gasteiger partial charge in [-0.2, -0.15) is 5.10 Å². The standard InChI is InChI=1S/C28H35N5O3/c1-32-25-22(24(31-32)18-10-11-18)8-4-9-23(25)26(28(34)35)33-16-21(17-33)36-15-3-2-7-20-13-12-19-6-5-14-29-27(19)30-20/h4,8-9,12-13,18,21,26H,2-3,5-7,10-11,14-17H2,1H3,(H,29,30)(H,34,35). The summed E-state index contributed by atoms with van der Waals surface area (Å²) in [5.74, 6) is 0.763. The van der Waals surface area contributed by atoms with Crippen LogP contribution in [0.2, 0.25) is 0 Å². The van der Waals surface area contributed by atoms with Gasteiger partial charge in [0.2, 0.25) is 0 Å². The van der Waals surface area contributed by atoms with Crippen molar-refractivity contribution in [1.29, 1.82) is 0 Å². The highest BCUT2D eigenvalue weighted by molar-refractivity contribution is 5.90. The lowest BCUT2D eigenvalue weighted by molar-refractivity contribution is -0.150. The number of para-hydroxylation sites is 1. The molecule has 1 aliphatic carbocycles. The molecule has 1 saturated heterocycles. The second-order valence-electron chi connectivity index (χ2n) is 10.5. The van der Waals surface area contributed by atoms with E-state index in [2.05, 4.69) is 23.5 Å². The first-order valence-electron chi connectivity index (χ1n) is 13.3. The highest BCUT2D eigenvalue weighted by atomic mass is 16.5. The number of carboxylic acids is 1. The van der Waals surface area contributed by atoms with Crippen LogP contribution in [-0.4, -0.2) is 63.1 Å². The fourth-order valence-corrected chi connectivity index (χ4v) is 5.71. The van der Waals surface area contributed by atoms with Gasteiger partial charge in [0.05, 0.1) is 17.3 Å². The molecule has 190 valence electrons. The van der Waals surface area contributed by atoms with Gasteiger partial charge in [-0.3, -0.25) is 14.4 Å². The van der Waals surface area contributed by atoms with Gasteiger partial charge in [-0.05, 0) is 56.6 Å². The summed E-state index contributed by atoms with van der Waals surface area (Å²) in [6, 6.07) is 9.68. The predicted octanol–water partition coefficient (Wildman–Crippen LogP) is 4.05.